The number of halogens is 2. The van der Waals surface area contributed by atoms with Gasteiger partial charge in [0, 0.05) is 22.2 Å². The number of hydrogen-bond donors (Lipinski definition) is 1. The molecule has 0 unspecified atom stereocenters. The Labute approximate surface area is 220 Å². The summed E-state index contributed by atoms with van der Waals surface area (Å²) in [5.74, 6) is 1.01. The first-order valence-corrected chi connectivity index (χ1v) is 13.1. The molecule has 190 valence electrons. The number of aromatic nitrogens is 1. The summed E-state index contributed by atoms with van der Waals surface area (Å²) in [5.41, 5.74) is 2.13. The highest BCUT2D eigenvalue weighted by Crippen LogP contribution is 2.38. The second kappa shape index (κ2) is 9.94. The summed E-state index contributed by atoms with van der Waals surface area (Å²) in [6, 6.07) is 7.52. The first-order chi connectivity index (χ1) is 17.2. The number of amides is 1. The van der Waals surface area contributed by atoms with Gasteiger partial charge in [-0.05, 0) is 82.2 Å². The van der Waals surface area contributed by atoms with Crippen LogP contribution in [0.5, 0.6) is 5.75 Å². The van der Waals surface area contributed by atoms with Crippen LogP contribution in [0, 0.1) is 5.92 Å². The van der Waals surface area contributed by atoms with E-state index in [1.165, 1.54) is 0 Å². The zero-order chi connectivity index (χ0) is 25.4. The van der Waals surface area contributed by atoms with Gasteiger partial charge >= 0.3 is 6.09 Å². The Bertz CT molecular complexity index is 1350. The van der Waals surface area contributed by atoms with E-state index >= 15 is 0 Å². The number of nitrogens with zero attached hydrogens (tertiary/aromatic N) is 3. The third-order valence-electron chi connectivity index (χ3n) is 6.65. The van der Waals surface area contributed by atoms with Crippen molar-refractivity contribution >= 4 is 46.8 Å². The van der Waals surface area contributed by atoms with Crippen LogP contribution in [-0.4, -0.2) is 29.3 Å². The van der Waals surface area contributed by atoms with Gasteiger partial charge in [0.25, 0.3) is 0 Å². The van der Waals surface area contributed by atoms with Gasteiger partial charge in [-0.2, -0.15) is 10.2 Å². The van der Waals surface area contributed by atoms with Crippen LogP contribution in [0.2, 0.25) is 5.02 Å². The summed E-state index contributed by atoms with van der Waals surface area (Å²) in [7, 11) is 0. The Hall–Kier alpha value is -2.77. The van der Waals surface area contributed by atoms with Crippen molar-refractivity contribution in [1.82, 2.24) is 4.98 Å². The molecule has 36 heavy (non-hydrogen) atoms. The van der Waals surface area contributed by atoms with Gasteiger partial charge in [0.1, 0.15) is 11.4 Å². The lowest BCUT2D eigenvalue weighted by Gasteiger charge is -2.30. The van der Waals surface area contributed by atoms with Crippen molar-refractivity contribution in [3.05, 3.63) is 56.7 Å². The smallest absolute Gasteiger partial charge is 0.415 e. The number of nitrogens with one attached hydrogen (secondary N) is 1. The minimum absolute atomic E-state index is 0.120. The summed E-state index contributed by atoms with van der Waals surface area (Å²) in [4.78, 5) is 18.4. The molecule has 2 aliphatic heterocycles. The van der Waals surface area contributed by atoms with Gasteiger partial charge in [0.2, 0.25) is 0 Å². The number of ether oxygens (including phenoxy) is 2. The van der Waals surface area contributed by atoms with Crippen LogP contribution in [0.1, 0.15) is 52.0 Å². The Morgan fingerprint density at radius 2 is 1.94 bits per heavy atom. The summed E-state index contributed by atoms with van der Waals surface area (Å²) >= 11 is 13.0. The highest BCUT2D eigenvalue weighted by Gasteiger charge is 2.33. The Morgan fingerprint density at radius 1 is 1.17 bits per heavy atom. The average molecular weight is 529 g/mol. The maximum Gasteiger partial charge on any atom is 0.415 e. The van der Waals surface area contributed by atoms with Gasteiger partial charge in [-0.1, -0.05) is 29.3 Å². The molecule has 1 aliphatic carbocycles. The number of aromatic amines is 1. The van der Waals surface area contributed by atoms with Crippen LogP contribution >= 0.6 is 23.2 Å². The molecule has 0 radical (unpaired) electrons. The number of anilines is 1. The molecule has 1 amide bonds. The number of carbonyl (C=O) groups excluding carboxylic acids is 1. The van der Waals surface area contributed by atoms with E-state index in [2.05, 4.69) is 15.2 Å². The van der Waals surface area contributed by atoms with Crippen molar-refractivity contribution < 1.29 is 14.3 Å². The van der Waals surface area contributed by atoms with Crippen molar-refractivity contribution in [3.8, 4) is 5.75 Å². The number of hydrogen-bond acceptors (Lipinski definition) is 5. The number of azo groups is 1. The Morgan fingerprint density at radius 3 is 2.67 bits per heavy atom. The van der Waals surface area contributed by atoms with E-state index in [0.29, 0.717) is 23.1 Å². The summed E-state index contributed by atoms with van der Waals surface area (Å²) in [6.07, 6.45) is 6.94. The third-order valence-corrected chi connectivity index (χ3v) is 7.24. The van der Waals surface area contributed by atoms with Crippen molar-refractivity contribution in [2.45, 2.75) is 64.7 Å². The second-order valence-electron chi connectivity index (χ2n) is 10.4. The molecule has 1 saturated carbocycles. The molecule has 3 aliphatic rings. The number of rotatable bonds is 3. The Kier molecular flexibility index (Phi) is 6.88. The van der Waals surface area contributed by atoms with Crippen LogP contribution < -0.4 is 20.3 Å². The monoisotopic (exact) mass is 528 g/mol. The molecule has 3 heterocycles. The second-order valence-corrected chi connectivity index (χ2v) is 11.2. The number of H-pyrrole nitrogens is 1. The van der Waals surface area contributed by atoms with Crippen molar-refractivity contribution in [1.29, 1.82) is 0 Å². The minimum atomic E-state index is -0.618. The zero-order valence-corrected chi connectivity index (χ0v) is 22.2. The van der Waals surface area contributed by atoms with Crippen molar-refractivity contribution in [3.63, 3.8) is 0 Å². The van der Waals surface area contributed by atoms with E-state index in [1.54, 1.807) is 11.1 Å². The normalized spacial score (nSPS) is 21.6. The topological polar surface area (TPSA) is 79.3 Å². The van der Waals surface area contributed by atoms with Crippen LogP contribution in [0.4, 0.5) is 10.5 Å². The Balaban J connectivity index is 1.48. The number of carbonyl (C=O) groups is 1. The van der Waals surface area contributed by atoms with Gasteiger partial charge in [-0.15, -0.1) is 0 Å². The van der Waals surface area contributed by atoms with E-state index in [0.717, 1.165) is 59.0 Å². The van der Waals surface area contributed by atoms with Gasteiger partial charge in [-0.25, -0.2) is 4.79 Å². The quantitative estimate of drug-likeness (QED) is 0.527. The zero-order valence-electron chi connectivity index (χ0n) is 20.7. The predicted molar refractivity (Wildman–Crippen MR) is 142 cm³/mol. The van der Waals surface area contributed by atoms with Gasteiger partial charge in [-0.3, -0.25) is 4.90 Å². The van der Waals surface area contributed by atoms with E-state index < -0.39 is 11.7 Å². The number of fused-ring (bicyclic) bond motifs is 3. The van der Waals surface area contributed by atoms with Gasteiger partial charge in [0.15, 0.2) is 0 Å². The molecule has 9 heteroatoms. The van der Waals surface area contributed by atoms with Crippen molar-refractivity contribution in [2.75, 3.05) is 11.4 Å². The molecule has 1 N–H and O–H groups in total. The van der Waals surface area contributed by atoms with E-state index in [-0.39, 0.29) is 12.0 Å². The summed E-state index contributed by atoms with van der Waals surface area (Å²) in [5, 5.41) is 11.3. The lowest BCUT2D eigenvalue weighted by molar-refractivity contribution is 0.0584. The molecule has 0 saturated heterocycles. The fraction of sp³-hybridized carbons (Fsp3) is 0.444. The highest BCUT2D eigenvalue weighted by atomic mass is 35.5. The van der Waals surface area contributed by atoms with Crippen LogP contribution in [-0.2, 0) is 11.3 Å². The first-order valence-electron chi connectivity index (χ1n) is 12.3. The van der Waals surface area contributed by atoms with Gasteiger partial charge < -0.3 is 14.5 Å². The molecule has 1 fully saturated rings. The van der Waals surface area contributed by atoms with E-state index in [1.807, 2.05) is 51.1 Å². The fourth-order valence-electron chi connectivity index (χ4n) is 5.10. The molecule has 0 atom stereocenters. The highest BCUT2D eigenvalue weighted by molar-refractivity contribution is 6.36. The first kappa shape index (κ1) is 24.9. The van der Waals surface area contributed by atoms with E-state index in [4.69, 9.17) is 32.7 Å². The summed E-state index contributed by atoms with van der Waals surface area (Å²) in [6.45, 7) is 6.30. The minimum Gasteiger partial charge on any atom is -0.490 e. The molecule has 7 nitrogen and oxygen atoms in total. The molecule has 1 aromatic carbocycles. The molecular formula is C27H30Cl2N4O3. The number of benzene rings is 1. The molecule has 0 bridgehead atoms. The maximum atomic E-state index is 13.3. The number of allylic oxidation sites excluding steroid dienone is 1. The largest absolute Gasteiger partial charge is 0.490 e. The third kappa shape index (κ3) is 5.18. The van der Waals surface area contributed by atoms with Crippen LogP contribution in [0.3, 0.4) is 0 Å². The standard InChI is InChI=1S/C27H30Cl2N4O3/c1-27(2,3)36-26(34)33-12-11-21(29)23(24-25(33)20-14-30-31-15-22(20)32-24)16-7-9-18(10-8-16)35-19-6-4-5-17(28)13-19/h4-6,11,13,15-16,18,32H,7-10,12,14H2,1-3H3. The fourth-order valence-corrected chi connectivity index (χ4v) is 5.60. The van der Waals surface area contributed by atoms with Gasteiger partial charge in [0.05, 0.1) is 35.2 Å². The van der Waals surface area contributed by atoms with Crippen LogP contribution in [0.25, 0.3) is 11.8 Å². The maximum absolute atomic E-state index is 13.3. The SMILES string of the molecule is CC(C)(C)OC(=O)N1CC=C(Cl)C(C2CCC(Oc3cccc(Cl)c3)CC2)=c2[nH]c3c(c21)CN=NC=3. The van der Waals surface area contributed by atoms with E-state index in [9.17, 15) is 4.79 Å². The molecule has 1 aromatic heterocycles. The molecular weight excluding hydrogens is 499 g/mol. The lowest BCUT2D eigenvalue weighted by Crippen LogP contribution is -2.39. The van der Waals surface area contributed by atoms with Crippen molar-refractivity contribution in [2.24, 2.45) is 16.1 Å². The molecule has 2 aromatic rings. The molecule has 5 rings (SSSR count). The lowest BCUT2D eigenvalue weighted by atomic mass is 9.81. The average Bonchev–Trinajstić information content (AvgIpc) is 3.11. The molecule has 0 spiro atoms. The van der Waals surface area contributed by atoms with Crippen LogP contribution in [0.15, 0.2) is 45.6 Å². The predicted octanol–water partition coefficient (Wildman–Crippen LogP) is 6.04. The summed E-state index contributed by atoms with van der Waals surface area (Å²) < 4.78 is 12.0.